The molecular formula is C30H42N4O11. The predicted molar refractivity (Wildman–Crippen MR) is 159 cm³/mol. The number of rotatable bonds is 21. The molecule has 0 fully saturated rings. The highest BCUT2D eigenvalue weighted by molar-refractivity contribution is 5.97. The zero-order chi connectivity index (χ0) is 34.1. The summed E-state index contributed by atoms with van der Waals surface area (Å²) in [6.07, 6.45) is -0.689. The van der Waals surface area contributed by atoms with Crippen LogP contribution in [0.3, 0.4) is 0 Å². The molecule has 0 bridgehead atoms. The van der Waals surface area contributed by atoms with Crippen LogP contribution in [-0.2, 0) is 44.8 Å². The number of carboxylic acids is 3. The number of ketones is 1. The van der Waals surface area contributed by atoms with Gasteiger partial charge >= 0.3 is 17.9 Å². The van der Waals surface area contributed by atoms with E-state index in [0.29, 0.717) is 19.3 Å². The Morgan fingerprint density at radius 3 is 1.73 bits per heavy atom. The summed E-state index contributed by atoms with van der Waals surface area (Å²) in [5.74, 6) is -8.79. The third-order valence-electron chi connectivity index (χ3n) is 6.66. The Morgan fingerprint density at radius 2 is 1.20 bits per heavy atom. The molecule has 4 atom stereocenters. The van der Waals surface area contributed by atoms with E-state index in [2.05, 4.69) is 21.3 Å². The minimum Gasteiger partial charge on any atom is -0.481 e. The van der Waals surface area contributed by atoms with E-state index in [1.165, 1.54) is 0 Å². The molecule has 0 spiro atoms. The highest BCUT2D eigenvalue weighted by atomic mass is 16.4. The maximum Gasteiger partial charge on any atom is 0.305 e. The molecule has 7 N–H and O–H groups in total. The van der Waals surface area contributed by atoms with Gasteiger partial charge in [0, 0.05) is 19.8 Å². The number of carboxylic acid groups (broad SMARTS) is 3. The van der Waals surface area contributed by atoms with E-state index in [4.69, 9.17) is 10.2 Å². The summed E-state index contributed by atoms with van der Waals surface area (Å²) < 4.78 is 0. The minimum absolute atomic E-state index is 0.0128. The molecule has 0 heterocycles. The molecule has 1 rings (SSSR count). The Hall–Kier alpha value is -4.82. The number of carbonyl (C=O) groups is 8. The Morgan fingerprint density at radius 1 is 0.644 bits per heavy atom. The van der Waals surface area contributed by atoms with Crippen LogP contribution in [0, 0.1) is 5.92 Å². The Labute approximate surface area is 260 Å². The minimum atomic E-state index is -1.57. The summed E-state index contributed by atoms with van der Waals surface area (Å²) in [5.41, 5.74) is 1.08. The highest BCUT2D eigenvalue weighted by Crippen LogP contribution is 2.11. The number of carbonyl (C=O) groups excluding carboxylic acids is 5. The molecule has 0 aromatic heterocycles. The van der Waals surface area contributed by atoms with Gasteiger partial charge in [0.25, 0.3) is 0 Å². The lowest BCUT2D eigenvalue weighted by atomic mass is 9.98. The van der Waals surface area contributed by atoms with E-state index in [1.54, 1.807) is 13.8 Å². The molecule has 0 radical (unpaired) electrons. The molecule has 4 unspecified atom stereocenters. The van der Waals surface area contributed by atoms with E-state index in [1.807, 2.05) is 30.3 Å². The van der Waals surface area contributed by atoms with Crippen molar-refractivity contribution in [3.63, 3.8) is 0 Å². The maximum absolute atomic E-state index is 13.2. The zero-order valence-corrected chi connectivity index (χ0v) is 25.5. The van der Waals surface area contributed by atoms with E-state index in [-0.39, 0.29) is 6.42 Å². The van der Waals surface area contributed by atoms with Crippen LogP contribution in [0.25, 0.3) is 0 Å². The third-order valence-corrected chi connectivity index (χ3v) is 6.66. The van der Waals surface area contributed by atoms with E-state index < -0.39 is 103 Å². The fraction of sp³-hybridized carbons (Fsp3) is 0.533. The van der Waals surface area contributed by atoms with Crippen molar-refractivity contribution in [2.75, 3.05) is 0 Å². The second-order valence-corrected chi connectivity index (χ2v) is 10.9. The predicted octanol–water partition coefficient (Wildman–Crippen LogP) is 0.398. The number of amides is 4. The molecule has 4 amide bonds. The fourth-order valence-corrected chi connectivity index (χ4v) is 4.36. The number of aryl methyl sites for hydroxylation is 1. The standard InChI is InChI=1S/C30H42N4O11/c1-17(2)27(30(45)33-21(15-25(39)40)23(36)12-8-7-11-19-9-5-4-6-10-19)34-28(43)20(13-14-24(37)38)32-29(44)22(16-26(41)42)31-18(3)35/h4-6,9-10,17,20-22,27H,7-8,11-16H2,1-3H3,(H,31,35)(H,32,44)(H,33,45)(H,34,43)(H,37,38)(H,39,40)(H,41,42). The molecule has 15 heteroatoms. The molecule has 1 aromatic rings. The second-order valence-electron chi connectivity index (χ2n) is 10.9. The van der Waals surface area contributed by atoms with Gasteiger partial charge in [-0.2, -0.15) is 0 Å². The van der Waals surface area contributed by atoms with Crippen molar-refractivity contribution in [1.82, 2.24) is 21.3 Å². The average Bonchev–Trinajstić information content (AvgIpc) is 2.94. The van der Waals surface area contributed by atoms with Gasteiger partial charge in [0.2, 0.25) is 23.6 Å². The van der Waals surface area contributed by atoms with Gasteiger partial charge < -0.3 is 36.6 Å². The van der Waals surface area contributed by atoms with Gasteiger partial charge in [0.05, 0.1) is 18.9 Å². The molecule has 0 saturated carbocycles. The number of aliphatic carboxylic acids is 3. The summed E-state index contributed by atoms with van der Waals surface area (Å²) >= 11 is 0. The van der Waals surface area contributed by atoms with Crippen LogP contribution in [0.1, 0.15) is 71.3 Å². The lowest BCUT2D eigenvalue weighted by molar-refractivity contribution is -0.142. The lowest BCUT2D eigenvalue weighted by Gasteiger charge is -2.27. The van der Waals surface area contributed by atoms with Crippen LogP contribution in [0.2, 0.25) is 0 Å². The number of Topliss-reactive ketones (excluding diaryl/α,β-unsaturated/α-hetero) is 1. The van der Waals surface area contributed by atoms with Crippen LogP contribution in [-0.4, -0.2) is 86.8 Å². The molecule has 248 valence electrons. The monoisotopic (exact) mass is 634 g/mol. The van der Waals surface area contributed by atoms with Gasteiger partial charge in [0.1, 0.15) is 18.1 Å². The summed E-state index contributed by atoms with van der Waals surface area (Å²) in [6, 6.07) is 3.76. The number of hydrogen-bond donors (Lipinski definition) is 7. The quantitative estimate of drug-likeness (QED) is 0.0912. The smallest absolute Gasteiger partial charge is 0.305 e. The second kappa shape index (κ2) is 19.5. The first kappa shape index (κ1) is 38.2. The molecule has 1 aromatic carbocycles. The van der Waals surface area contributed by atoms with Gasteiger partial charge in [-0.25, -0.2) is 0 Å². The zero-order valence-electron chi connectivity index (χ0n) is 25.5. The van der Waals surface area contributed by atoms with Gasteiger partial charge in [-0.1, -0.05) is 44.2 Å². The van der Waals surface area contributed by atoms with Crippen molar-refractivity contribution in [2.24, 2.45) is 5.92 Å². The average molecular weight is 635 g/mol. The Balaban J connectivity index is 3.01. The van der Waals surface area contributed by atoms with E-state index >= 15 is 0 Å². The van der Waals surface area contributed by atoms with Crippen LogP contribution < -0.4 is 21.3 Å². The van der Waals surface area contributed by atoms with Crippen molar-refractivity contribution >= 4 is 47.3 Å². The molecule has 0 aliphatic rings. The van der Waals surface area contributed by atoms with Crippen LogP contribution in [0.5, 0.6) is 0 Å². The third kappa shape index (κ3) is 15.5. The van der Waals surface area contributed by atoms with Crippen molar-refractivity contribution in [3.8, 4) is 0 Å². The van der Waals surface area contributed by atoms with Gasteiger partial charge in [-0.3, -0.25) is 38.4 Å². The Bertz CT molecular complexity index is 1200. The number of unbranched alkanes of at least 4 members (excludes halogenated alkanes) is 1. The highest BCUT2D eigenvalue weighted by Gasteiger charge is 2.33. The van der Waals surface area contributed by atoms with E-state index in [0.717, 1.165) is 12.5 Å². The van der Waals surface area contributed by atoms with Gasteiger partial charge in [-0.05, 0) is 37.2 Å². The van der Waals surface area contributed by atoms with Crippen molar-refractivity contribution in [3.05, 3.63) is 35.9 Å². The van der Waals surface area contributed by atoms with Gasteiger partial charge in [0.15, 0.2) is 5.78 Å². The van der Waals surface area contributed by atoms with Crippen molar-refractivity contribution < 1.29 is 53.7 Å². The molecule has 0 aliphatic carbocycles. The lowest BCUT2D eigenvalue weighted by Crippen LogP contribution is -2.59. The molecule has 15 nitrogen and oxygen atoms in total. The normalized spacial score (nSPS) is 13.4. The summed E-state index contributed by atoms with van der Waals surface area (Å²) in [6.45, 7) is 4.18. The molecular weight excluding hydrogens is 592 g/mol. The van der Waals surface area contributed by atoms with Crippen molar-refractivity contribution in [1.29, 1.82) is 0 Å². The summed E-state index contributed by atoms with van der Waals surface area (Å²) in [4.78, 5) is 97.4. The molecule has 0 saturated heterocycles. The summed E-state index contributed by atoms with van der Waals surface area (Å²) in [7, 11) is 0. The number of hydrogen-bond acceptors (Lipinski definition) is 8. The van der Waals surface area contributed by atoms with Crippen LogP contribution >= 0.6 is 0 Å². The van der Waals surface area contributed by atoms with Crippen LogP contribution in [0.15, 0.2) is 30.3 Å². The van der Waals surface area contributed by atoms with Crippen LogP contribution in [0.4, 0.5) is 0 Å². The van der Waals surface area contributed by atoms with Crippen molar-refractivity contribution in [2.45, 2.75) is 96.3 Å². The largest absolute Gasteiger partial charge is 0.481 e. The SMILES string of the molecule is CC(=O)NC(CC(=O)O)C(=O)NC(CCC(=O)O)C(=O)NC(C(=O)NC(CC(=O)O)C(=O)CCCCc1ccccc1)C(C)C. The number of nitrogens with one attached hydrogen (secondary N) is 4. The fourth-order valence-electron chi connectivity index (χ4n) is 4.36. The summed E-state index contributed by atoms with van der Waals surface area (Å²) in [5, 5.41) is 36.8. The molecule has 0 aliphatic heterocycles. The molecule has 45 heavy (non-hydrogen) atoms. The first-order chi connectivity index (χ1) is 21.1. The maximum atomic E-state index is 13.2. The first-order valence-corrected chi connectivity index (χ1v) is 14.5. The van der Waals surface area contributed by atoms with E-state index in [9.17, 15) is 43.5 Å². The topological polar surface area (TPSA) is 245 Å². The van der Waals surface area contributed by atoms with Gasteiger partial charge in [-0.15, -0.1) is 0 Å². The Kier molecular flexibility index (Phi) is 16.5. The number of benzene rings is 1. The first-order valence-electron chi connectivity index (χ1n) is 14.5.